The predicted molar refractivity (Wildman–Crippen MR) is 129 cm³/mol. The van der Waals surface area contributed by atoms with Crippen LogP contribution in [0.1, 0.15) is 15.4 Å². The lowest BCUT2D eigenvalue weighted by atomic mass is 10.1. The van der Waals surface area contributed by atoms with Gasteiger partial charge in [0.25, 0.3) is 5.91 Å². The van der Waals surface area contributed by atoms with Gasteiger partial charge < -0.3 is 4.90 Å². The third kappa shape index (κ3) is 4.15. The summed E-state index contributed by atoms with van der Waals surface area (Å²) in [4.78, 5) is 24.5. The Morgan fingerprint density at radius 1 is 0.939 bits per heavy atom. The molecule has 0 unspecified atom stereocenters. The van der Waals surface area contributed by atoms with Gasteiger partial charge in [-0.25, -0.2) is 13.4 Å². The van der Waals surface area contributed by atoms with Crippen LogP contribution in [0.2, 0.25) is 0 Å². The van der Waals surface area contributed by atoms with E-state index in [-0.39, 0.29) is 23.9 Å². The maximum atomic E-state index is 13.2. The lowest BCUT2D eigenvalue weighted by molar-refractivity contribution is 0.0702. The van der Waals surface area contributed by atoms with E-state index in [0.717, 1.165) is 16.5 Å². The second kappa shape index (κ2) is 8.66. The second-order valence-corrected chi connectivity index (χ2v) is 10.8. The predicted octanol–water partition coefficient (Wildman–Crippen LogP) is 3.81. The number of aromatic nitrogens is 2. The summed E-state index contributed by atoms with van der Waals surface area (Å²) in [5.41, 5.74) is 1.40. The van der Waals surface area contributed by atoms with Crippen molar-refractivity contribution >= 4 is 38.0 Å². The highest BCUT2D eigenvalue weighted by Crippen LogP contribution is 2.28. The van der Waals surface area contributed by atoms with Gasteiger partial charge in [0.1, 0.15) is 9.88 Å². The summed E-state index contributed by atoms with van der Waals surface area (Å²) in [5, 5.41) is 2.59. The first-order chi connectivity index (χ1) is 15.9. The molecule has 5 rings (SSSR count). The van der Waals surface area contributed by atoms with E-state index in [0.29, 0.717) is 28.7 Å². The minimum absolute atomic E-state index is 0.116. The van der Waals surface area contributed by atoms with E-state index < -0.39 is 10.0 Å². The molecule has 3 heterocycles. The van der Waals surface area contributed by atoms with E-state index in [9.17, 15) is 13.2 Å². The van der Waals surface area contributed by atoms with Gasteiger partial charge in [0.15, 0.2) is 0 Å². The van der Waals surface area contributed by atoms with E-state index >= 15 is 0 Å². The molecule has 0 aliphatic carbocycles. The van der Waals surface area contributed by atoms with Gasteiger partial charge in [-0.05, 0) is 42.0 Å². The topological polar surface area (TPSA) is 83.5 Å². The summed E-state index contributed by atoms with van der Waals surface area (Å²) in [5.74, 6) is -0.116. The van der Waals surface area contributed by atoms with Gasteiger partial charge >= 0.3 is 0 Å². The molecule has 33 heavy (non-hydrogen) atoms. The molecular weight excluding hydrogens is 456 g/mol. The van der Waals surface area contributed by atoms with Crippen LogP contribution in [0.3, 0.4) is 0 Å². The molecule has 2 aromatic heterocycles. The Morgan fingerprint density at radius 3 is 2.39 bits per heavy atom. The summed E-state index contributed by atoms with van der Waals surface area (Å²) in [6.07, 6.45) is 1.70. The lowest BCUT2D eigenvalue weighted by Crippen LogP contribution is -2.50. The van der Waals surface area contributed by atoms with Crippen molar-refractivity contribution in [3.63, 3.8) is 0 Å². The van der Waals surface area contributed by atoms with Crippen molar-refractivity contribution < 1.29 is 13.2 Å². The number of amides is 1. The minimum atomic E-state index is -3.63. The largest absolute Gasteiger partial charge is 0.335 e. The van der Waals surface area contributed by atoms with E-state index in [1.165, 1.54) is 15.6 Å². The zero-order valence-corrected chi connectivity index (χ0v) is 19.6. The number of aryl methyl sites for hydroxylation is 1. The smallest absolute Gasteiger partial charge is 0.265 e. The van der Waals surface area contributed by atoms with Crippen molar-refractivity contribution in [2.45, 2.75) is 11.8 Å². The highest BCUT2D eigenvalue weighted by atomic mass is 32.2. The van der Waals surface area contributed by atoms with Gasteiger partial charge in [-0.2, -0.15) is 4.31 Å². The molecule has 0 atom stereocenters. The van der Waals surface area contributed by atoms with Crippen molar-refractivity contribution in [2.75, 3.05) is 26.2 Å². The van der Waals surface area contributed by atoms with Crippen molar-refractivity contribution in [1.82, 2.24) is 19.2 Å². The molecule has 4 aromatic rings. The number of hydrogen-bond acceptors (Lipinski definition) is 6. The highest BCUT2D eigenvalue weighted by Gasteiger charge is 2.31. The number of carbonyl (C=O) groups is 1. The van der Waals surface area contributed by atoms with E-state index in [1.807, 2.05) is 55.5 Å². The van der Waals surface area contributed by atoms with Crippen LogP contribution in [0.4, 0.5) is 0 Å². The average molecular weight is 479 g/mol. The monoisotopic (exact) mass is 478 g/mol. The van der Waals surface area contributed by atoms with Gasteiger partial charge in [0, 0.05) is 32.4 Å². The van der Waals surface area contributed by atoms with Gasteiger partial charge in [0.05, 0.1) is 16.3 Å². The number of thiazole rings is 1. The number of nitrogens with zero attached hydrogens (tertiary/aromatic N) is 4. The Hall–Kier alpha value is -3.14. The van der Waals surface area contributed by atoms with Crippen molar-refractivity contribution in [3.8, 4) is 10.7 Å². The molecule has 1 fully saturated rings. The molecule has 7 nitrogen and oxygen atoms in total. The number of benzene rings is 2. The SMILES string of the molecule is Cc1nc(-c2ccccn2)sc1C(=O)N1CCN(S(=O)(=O)c2ccc3ccccc3c2)CC1. The molecule has 1 aliphatic heterocycles. The Balaban J connectivity index is 1.30. The van der Waals surface area contributed by atoms with Gasteiger partial charge in [-0.3, -0.25) is 9.78 Å². The number of pyridine rings is 1. The van der Waals surface area contributed by atoms with Crippen LogP contribution >= 0.6 is 11.3 Å². The van der Waals surface area contributed by atoms with Crippen LogP contribution in [0.25, 0.3) is 21.5 Å². The van der Waals surface area contributed by atoms with Crippen molar-refractivity contribution in [3.05, 3.63) is 77.4 Å². The molecule has 1 aliphatic rings. The fourth-order valence-electron chi connectivity index (χ4n) is 3.95. The number of rotatable bonds is 4. The Morgan fingerprint density at radius 2 is 1.67 bits per heavy atom. The molecule has 1 amide bonds. The highest BCUT2D eigenvalue weighted by molar-refractivity contribution is 7.89. The van der Waals surface area contributed by atoms with Crippen molar-refractivity contribution in [2.24, 2.45) is 0 Å². The lowest BCUT2D eigenvalue weighted by Gasteiger charge is -2.33. The zero-order valence-electron chi connectivity index (χ0n) is 18.0. The molecule has 168 valence electrons. The molecule has 0 N–H and O–H groups in total. The van der Waals surface area contributed by atoms with Gasteiger partial charge in [-0.1, -0.05) is 36.4 Å². The number of hydrogen-bond donors (Lipinski definition) is 0. The van der Waals surface area contributed by atoms with E-state index in [1.54, 1.807) is 23.2 Å². The third-order valence-corrected chi connectivity index (χ3v) is 8.82. The second-order valence-electron chi connectivity index (χ2n) is 7.85. The Bertz CT molecular complexity index is 1430. The Labute approximate surface area is 196 Å². The molecule has 0 bridgehead atoms. The quantitative estimate of drug-likeness (QED) is 0.445. The normalized spacial score (nSPS) is 15.1. The number of carbonyl (C=O) groups excluding carboxylic acids is 1. The first-order valence-electron chi connectivity index (χ1n) is 10.6. The Kier molecular flexibility index (Phi) is 5.69. The van der Waals surface area contributed by atoms with Crippen LogP contribution in [0.5, 0.6) is 0 Å². The standard InChI is InChI=1S/C24H22N4O3S2/c1-17-22(32-23(26-17)21-8-4-5-11-25-21)24(29)27-12-14-28(15-13-27)33(30,31)20-10-9-18-6-2-3-7-19(18)16-20/h2-11,16H,12-15H2,1H3. The summed E-state index contributed by atoms with van der Waals surface area (Å²) in [6.45, 7) is 3.00. The molecule has 1 saturated heterocycles. The minimum Gasteiger partial charge on any atom is -0.335 e. The van der Waals surface area contributed by atoms with Gasteiger partial charge in [-0.15, -0.1) is 11.3 Å². The molecule has 0 saturated carbocycles. The first kappa shape index (κ1) is 21.7. The average Bonchev–Trinajstić information content (AvgIpc) is 3.25. The maximum Gasteiger partial charge on any atom is 0.265 e. The molecule has 9 heteroatoms. The summed E-state index contributed by atoms with van der Waals surface area (Å²) in [7, 11) is -3.63. The number of sulfonamides is 1. The molecule has 0 radical (unpaired) electrons. The van der Waals surface area contributed by atoms with Crippen LogP contribution < -0.4 is 0 Å². The zero-order chi connectivity index (χ0) is 23.0. The summed E-state index contributed by atoms with van der Waals surface area (Å²) >= 11 is 1.32. The fourth-order valence-corrected chi connectivity index (χ4v) is 6.41. The van der Waals surface area contributed by atoms with Crippen LogP contribution in [0.15, 0.2) is 71.8 Å². The summed E-state index contributed by atoms with van der Waals surface area (Å²) < 4.78 is 27.9. The van der Waals surface area contributed by atoms with E-state index in [2.05, 4.69) is 9.97 Å². The first-order valence-corrected chi connectivity index (χ1v) is 12.9. The summed E-state index contributed by atoms with van der Waals surface area (Å²) in [6, 6.07) is 18.4. The number of fused-ring (bicyclic) bond motifs is 1. The van der Waals surface area contributed by atoms with Crippen LogP contribution in [-0.4, -0.2) is 59.7 Å². The number of piperazine rings is 1. The van der Waals surface area contributed by atoms with E-state index in [4.69, 9.17) is 0 Å². The van der Waals surface area contributed by atoms with Crippen LogP contribution in [0, 0.1) is 6.92 Å². The molecule has 2 aromatic carbocycles. The van der Waals surface area contributed by atoms with Crippen molar-refractivity contribution in [1.29, 1.82) is 0 Å². The third-order valence-electron chi connectivity index (χ3n) is 5.76. The molecule has 0 spiro atoms. The maximum absolute atomic E-state index is 13.2. The molecular formula is C24H22N4O3S2. The fraction of sp³-hybridized carbons (Fsp3) is 0.208. The van der Waals surface area contributed by atoms with Crippen LogP contribution in [-0.2, 0) is 10.0 Å². The van der Waals surface area contributed by atoms with Gasteiger partial charge in [0.2, 0.25) is 10.0 Å².